The third-order valence-electron chi connectivity index (χ3n) is 5.40. The Morgan fingerprint density at radius 3 is 2.25 bits per heavy atom. The number of methoxy groups -OCH3 is 2. The molecule has 0 aliphatic heterocycles. The number of nitrogens with two attached hydrogens (primary N) is 2. The molecule has 5 N–H and O–H groups in total. The van der Waals surface area contributed by atoms with Crippen LogP contribution >= 0.6 is 11.5 Å². The van der Waals surface area contributed by atoms with Gasteiger partial charge in [-0.2, -0.15) is 4.37 Å². The minimum absolute atomic E-state index is 0.00571. The van der Waals surface area contributed by atoms with Gasteiger partial charge in [-0.15, -0.1) is 0 Å². The van der Waals surface area contributed by atoms with Gasteiger partial charge in [0.15, 0.2) is 5.69 Å². The lowest BCUT2D eigenvalue weighted by atomic mass is 10.0. The molecule has 0 aliphatic rings. The van der Waals surface area contributed by atoms with Crippen molar-refractivity contribution in [3.8, 4) is 5.75 Å². The van der Waals surface area contributed by atoms with Gasteiger partial charge in [0.1, 0.15) is 16.7 Å². The summed E-state index contributed by atoms with van der Waals surface area (Å²) in [5, 5.41) is 2.83. The zero-order chi connectivity index (χ0) is 26.4. The molecule has 3 rings (SSSR count). The lowest BCUT2D eigenvalue weighted by molar-refractivity contribution is -0.122. The summed E-state index contributed by atoms with van der Waals surface area (Å²) in [5.41, 5.74) is 14.0. The molecule has 0 bridgehead atoms. The van der Waals surface area contributed by atoms with Gasteiger partial charge in [-0.05, 0) is 66.3 Å². The summed E-state index contributed by atoms with van der Waals surface area (Å²) in [6, 6.07) is 11.3. The van der Waals surface area contributed by atoms with Gasteiger partial charge in [0.2, 0.25) is 5.91 Å². The van der Waals surface area contributed by atoms with Gasteiger partial charge in [-0.25, -0.2) is 0 Å². The average Bonchev–Trinajstić information content (AvgIpc) is 3.23. The Morgan fingerprint density at radius 2 is 1.72 bits per heavy atom. The van der Waals surface area contributed by atoms with Crippen molar-refractivity contribution in [1.29, 1.82) is 0 Å². The van der Waals surface area contributed by atoms with E-state index in [1.807, 2.05) is 19.9 Å². The van der Waals surface area contributed by atoms with E-state index in [-0.39, 0.29) is 22.8 Å². The van der Waals surface area contributed by atoms with Crippen molar-refractivity contribution in [3.63, 3.8) is 0 Å². The number of nitrogens with one attached hydrogen (secondary N) is 1. The molecule has 3 amide bonds. The van der Waals surface area contributed by atoms with Crippen LogP contribution in [0.4, 0.5) is 11.4 Å². The second kappa shape index (κ2) is 11.6. The molecule has 190 valence electrons. The minimum atomic E-state index is -1.08. The summed E-state index contributed by atoms with van der Waals surface area (Å²) in [5.74, 6) is -1.27. The number of anilines is 2. The van der Waals surface area contributed by atoms with Crippen molar-refractivity contribution in [2.45, 2.75) is 19.9 Å². The Bertz CT molecular complexity index is 1240. The molecule has 0 spiro atoms. The predicted octanol–water partition coefficient (Wildman–Crippen LogP) is 2.60. The minimum Gasteiger partial charge on any atom is -0.497 e. The lowest BCUT2D eigenvalue weighted by Crippen LogP contribution is -2.44. The summed E-state index contributed by atoms with van der Waals surface area (Å²) in [6.07, 6.45) is 0. The maximum Gasteiger partial charge on any atom is 0.273 e. The lowest BCUT2D eigenvalue weighted by Gasteiger charge is -2.32. The van der Waals surface area contributed by atoms with Gasteiger partial charge in [0.05, 0.1) is 19.4 Å². The summed E-state index contributed by atoms with van der Waals surface area (Å²) < 4.78 is 14.3. The number of hydrogen-bond donors (Lipinski definition) is 3. The van der Waals surface area contributed by atoms with Crippen molar-refractivity contribution in [2.75, 3.05) is 38.0 Å². The quantitative estimate of drug-likeness (QED) is 0.354. The van der Waals surface area contributed by atoms with Crippen molar-refractivity contribution < 1.29 is 23.9 Å². The number of primary amides is 1. The van der Waals surface area contributed by atoms with E-state index in [2.05, 4.69) is 9.69 Å². The number of aryl methyl sites for hydroxylation is 2. The third-order valence-corrected chi connectivity index (χ3v) is 6.25. The molecule has 0 radical (unpaired) electrons. The first-order chi connectivity index (χ1) is 17.2. The number of benzene rings is 2. The molecular weight excluding hydrogens is 482 g/mol. The molecule has 1 heterocycles. The van der Waals surface area contributed by atoms with Crippen LogP contribution in [-0.2, 0) is 9.53 Å². The van der Waals surface area contributed by atoms with E-state index in [0.717, 1.165) is 22.7 Å². The molecule has 36 heavy (non-hydrogen) atoms. The van der Waals surface area contributed by atoms with Gasteiger partial charge in [0.25, 0.3) is 11.8 Å². The fourth-order valence-corrected chi connectivity index (χ4v) is 4.53. The van der Waals surface area contributed by atoms with Crippen LogP contribution in [-0.4, -0.2) is 49.5 Å². The number of carbonyl (C=O) groups excluding carboxylic acids is 3. The van der Waals surface area contributed by atoms with E-state index in [1.165, 1.54) is 19.1 Å². The summed E-state index contributed by atoms with van der Waals surface area (Å²) in [6.45, 7) is 4.33. The number of ether oxygens (including phenoxy) is 2. The number of hydrogen-bond acceptors (Lipinski definition) is 8. The van der Waals surface area contributed by atoms with Crippen LogP contribution in [0.2, 0.25) is 0 Å². The first-order valence-corrected chi connectivity index (χ1v) is 11.8. The van der Waals surface area contributed by atoms with Crippen LogP contribution in [0.5, 0.6) is 5.75 Å². The second-order valence-corrected chi connectivity index (χ2v) is 8.89. The molecule has 0 fully saturated rings. The van der Waals surface area contributed by atoms with Crippen LogP contribution in [0.1, 0.15) is 42.9 Å². The van der Waals surface area contributed by atoms with Crippen molar-refractivity contribution in [1.82, 2.24) is 9.69 Å². The maximum atomic E-state index is 14.0. The second-order valence-electron chi connectivity index (χ2n) is 8.12. The fourth-order valence-electron chi connectivity index (χ4n) is 3.79. The fraction of sp³-hybridized carbons (Fsp3) is 0.280. The van der Waals surface area contributed by atoms with Crippen LogP contribution < -0.4 is 26.4 Å². The van der Waals surface area contributed by atoms with Crippen molar-refractivity contribution in [3.05, 3.63) is 69.7 Å². The Morgan fingerprint density at radius 1 is 1.08 bits per heavy atom. The molecule has 3 aromatic rings. The Kier molecular flexibility index (Phi) is 8.62. The monoisotopic (exact) mass is 511 g/mol. The van der Waals surface area contributed by atoms with Gasteiger partial charge in [-0.1, -0.05) is 18.2 Å². The highest BCUT2D eigenvalue weighted by Gasteiger charge is 2.36. The summed E-state index contributed by atoms with van der Waals surface area (Å²) in [4.78, 5) is 40.7. The number of carbonyl (C=O) groups is 3. The van der Waals surface area contributed by atoms with E-state index < -0.39 is 23.8 Å². The van der Waals surface area contributed by atoms with Crippen LogP contribution in [0.25, 0.3) is 0 Å². The van der Waals surface area contributed by atoms with E-state index in [9.17, 15) is 14.4 Å². The topological polar surface area (TPSA) is 150 Å². The third kappa shape index (κ3) is 5.81. The highest BCUT2D eigenvalue weighted by Crippen LogP contribution is 2.34. The van der Waals surface area contributed by atoms with E-state index in [1.54, 1.807) is 36.4 Å². The van der Waals surface area contributed by atoms with Crippen LogP contribution in [0, 0.1) is 13.8 Å². The van der Waals surface area contributed by atoms with Crippen LogP contribution in [0.15, 0.2) is 42.5 Å². The molecular formula is C25H29N5O5S. The Balaban J connectivity index is 2.21. The molecule has 0 unspecified atom stereocenters. The molecule has 10 nitrogen and oxygen atoms in total. The number of aromatic nitrogens is 1. The number of rotatable bonds is 10. The van der Waals surface area contributed by atoms with Gasteiger partial charge in [0, 0.05) is 19.3 Å². The largest absolute Gasteiger partial charge is 0.497 e. The zero-order valence-corrected chi connectivity index (χ0v) is 21.3. The van der Waals surface area contributed by atoms with E-state index in [4.69, 9.17) is 20.9 Å². The Hall–Kier alpha value is -3.96. The smallest absolute Gasteiger partial charge is 0.273 e. The van der Waals surface area contributed by atoms with E-state index in [0.29, 0.717) is 23.6 Å². The molecule has 11 heteroatoms. The first kappa shape index (κ1) is 26.6. The highest BCUT2D eigenvalue weighted by molar-refractivity contribution is 7.09. The zero-order valence-electron chi connectivity index (χ0n) is 20.5. The number of nitrogen functional groups attached to an aromatic ring is 1. The molecule has 0 aliphatic carbocycles. The SMILES string of the molecule is COCCNC(=O)[C@@H](c1ccc(OC)cc1)N(C(=O)c1snc(C(N)=O)c1N)c1cc(C)cc(C)c1. The standard InChI is InChI=1S/C25H29N5O5S/c1-14-11-15(2)13-17(12-14)30(25(33)22-19(26)20(23(27)31)29-36-22)21(24(32)28-9-10-34-3)16-5-7-18(35-4)8-6-16/h5-8,11-13,21H,9-10,26H2,1-4H3,(H2,27,31)(H,28,32)/t21-/m1/s1. The van der Waals surface area contributed by atoms with Gasteiger partial charge >= 0.3 is 0 Å². The van der Waals surface area contributed by atoms with Gasteiger partial charge < -0.3 is 26.3 Å². The first-order valence-electron chi connectivity index (χ1n) is 11.0. The Labute approximate surface area is 213 Å². The normalized spacial score (nSPS) is 11.6. The number of nitrogens with zero attached hydrogens (tertiary/aromatic N) is 2. The summed E-state index contributed by atoms with van der Waals surface area (Å²) in [7, 11) is 3.07. The van der Waals surface area contributed by atoms with Gasteiger partial charge in [-0.3, -0.25) is 19.3 Å². The van der Waals surface area contributed by atoms with Crippen molar-refractivity contribution in [2.24, 2.45) is 5.73 Å². The highest BCUT2D eigenvalue weighted by atomic mass is 32.1. The molecule has 1 aromatic heterocycles. The molecule has 2 aromatic carbocycles. The van der Waals surface area contributed by atoms with E-state index >= 15 is 0 Å². The molecule has 0 saturated heterocycles. The molecule has 1 atom stereocenters. The molecule has 0 saturated carbocycles. The van der Waals surface area contributed by atoms with Crippen LogP contribution in [0.3, 0.4) is 0 Å². The predicted molar refractivity (Wildman–Crippen MR) is 138 cm³/mol. The summed E-state index contributed by atoms with van der Waals surface area (Å²) >= 11 is 0.757. The number of amides is 3. The maximum absolute atomic E-state index is 14.0. The average molecular weight is 512 g/mol. The van der Waals surface area contributed by atoms with Crippen molar-refractivity contribution >= 4 is 40.6 Å².